The maximum atomic E-state index is 12.8. The van der Waals surface area contributed by atoms with Crippen LogP contribution in [-0.4, -0.2) is 43.7 Å². The number of hydrogen-bond donors (Lipinski definition) is 0. The smallest absolute Gasteiger partial charge is 0.313 e. The van der Waals surface area contributed by atoms with Gasteiger partial charge in [-0.3, -0.25) is 4.79 Å². The summed E-state index contributed by atoms with van der Waals surface area (Å²) in [6.45, 7) is 16.3. The summed E-state index contributed by atoms with van der Waals surface area (Å²) in [4.78, 5) is 12.8. The second-order valence-electron chi connectivity index (χ2n) is 7.35. The molecule has 0 heterocycles. The SMILES string of the molecule is CC[C@@H](C)[C@@H](C(=O)OCC[N+](C)(CC)CC)c1ccc(C)c(C)c1. The van der Waals surface area contributed by atoms with Crippen LogP contribution in [0.3, 0.4) is 0 Å². The Morgan fingerprint density at radius 2 is 1.75 bits per heavy atom. The Labute approximate surface area is 148 Å². The zero-order valence-corrected chi connectivity index (χ0v) is 16.7. The summed E-state index contributed by atoms with van der Waals surface area (Å²) >= 11 is 0. The van der Waals surface area contributed by atoms with E-state index in [0.717, 1.165) is 36.1 Å². The summed E-state index contributed by atoms with van der Waals surface area (Å²) < 4.78 is 6.63. The van der Waals surface area contributed by atoms with Crippen molar-refractivity contribution in [2.24, 2.45) is 5.92 Å². The third kappa shape index (κ3) is 5.34. The number of benzene rings is 1. The molecule has 0 saturated heterocycles. The van der Waals surface area contributed by atoms with E-state index in [2.05, 4.69) is 66.8 Å². The molecule has 1 aromatic rings. The lowest BCUT2D eigenvalue weighted by Crippen LogP contribution is -2.46. The molecule has 0 fully saturated rings. The van der Waals surface area contributed by atoms with Crippen LogP contribution in [0.2, 0.25) is 0 Å². The molecule has 136 valence electrons. The first-order valence-corrected chi connectivity index (χ1v) is 9.35. The lowest BCUT2D eigenvalue weighted by molar-refractivity contribution is -0.906. The van der Waals surface area contributed by atoms with E-state index in [9.17, 15) is 4.79 Å². The molecule has 0 radical (unpaired) electrons. The molecule has 0 aromatic heterocycles. The molecular weight excluding hydrogens is 298 g/mol. The Morgan fingerprint density at radius 1 is 1.12 bits per heavy atom. The zero-order valence-electron chi connectivity index (χ0n) is 16.7. The van der Waals surface area contributed by atoms with E-state index in [-0.39, 0.29) is 17.8 Å². The Bertz CT molecular complexity index is 535. The van der Waals surface area contributed by atoms with E-state index < -0.39 is 0 Å². The van der Waals surface area contributed by atoms with Gasteiger partial charge in [-0.1, -0.05) is 38.5 Å². The molecule has 0 aliphatic carbocycles. The molecule has 0 spiro atoms. The minimum Gasteiger partial charge on any atom is -0.459 e. The summed E-state index contributed by atoms with van der Waals surface area (Å²) in [6.07, 6.45) is 0.963. The summed E-state index contributed by atoms with van der Waals surface area (Å²) in [5.41, 5.74) is 3.57. The van der Waals surface area contributed by atoms with Gasteiger partial charge >= 0.3 is 5.97 Å². The first kappa shape index (κ1) is 20.7. The van der Waals surface area contributed by atoms with Crippen LogP contribution in [-0.2, 0) is 9.53 Å². The van der Waals surface area contributed by atoms with Crippen molar-refractivity contribution in [2.75, 3.05) is 33.3 Å². The van der Waals surface area contributed by atoms with Gasteiger partial charge < -0.3 is 9.22 Å². The van der Waals surface area contributed by atoms with Gasteiger partial charge in [0.1, 0.15) is 13.2 Å². The van der Waals surface area contributed by atoms with Crippen molar-refractivity contribution < 1.29 is 14.0 Å². The highest BCUT2D eigenvalue weighted by Gasteiger charge is 2.28. The zero-order chi connectivity index (χ0) is 18.3. The van der Waals surface area contributed by atoms with Gasteiger partial charge in [0.05, 0.1) is 26.1 Å². The second kappa shape index (κ2) is 9.22. The molecule has 24 heavy (non-hydrogen) atoms. The predicted octanol–water partition coefficient (Wildman–Crippen LogP) is 4.46. The van der Waals surface area contributed by atoms with Crippen molar-refractivity contribution in [3.05, 3.63) is 34.9 Å². The fraction of sp³-hybridized carbons (Fsp3) is 0.667. The van der Waals surface area contributed by atoms with Gasteiger partial charge in [0.25, 0.3) is 0 Å². The number of quaternary nitrogens is 1. The van der Waals surface area contributed by atoms with Crippen molar-refractivity contribution in [3.8, 4) is 0 Å². The first-order chi connectivity index (χ1) is 11.3. The van der Waals surface area contributed by atoms with Gasteiger partial charge in [-0.05, 0) is 50.3 Å². The van der Waals surface area contributed by atoms with Crippen molar-refractivity contribution in [3.63, 3.8) is 0 Å². The van der Waals surface area contributed by atoms with E-state index in [1.165, 1.54) is 11.1 Å². The molecule has 0 saturated carbocycles. The van der Waals surface area contributed by atoms with Crippen molar-refractivity contribution in [1.29, 1.82) is 0 Å². The number of likely N-dealkylation sites (N-methyl/N-ethyl adjacent to an activating group) is 1. The van der Waals surface area contributed by atoms with Crippen LogP contribution in [0.25, 0.3) is 0 Å². The molecule has 3 heteroatoms. The second-order valence-corrected chi connectivity index (χ2v) is 7.35. The lowest BCUT2D eigenvalue weighted by Gasteiger charge is -2.32. The Hall–Kier alpha value is -1.35. The summed E-state index contributed by atoms with van der Waals surface area (Å²) in [7, 11) is 2.21. The first-order valence-electron chi connectivity index (χ1n) is 9.35. The largest absolute Gasteiger partial charge is 0.459 e. The quantitative estimate of drug-likeness (QED) is 0.492. The molecule has 0 N–H and O–H groups in total. The van der Waals surface area contributed by atoms with Crippen LogP contribution >= 0.6 is 0 Å². The average molecular weight is 335 g/mol. The molecule has 2 atom stereocenters. The number of rotatable bonds is 9. The van der Waals surface area contributed by atoms with E-state index in [1.807, 2.05) is 0 Å². The number of esters is 1. The average Bonchev–Trinajstić information content (AvgIpc) is 2.57. The topological polar surface area (TPSA) is 26.3 Å². The normalized spacial score (nSPS) is 14.3. The fourth-order valence-corrected chi connectivity index (χ4v) is 2.89. The van der Waals surface area contributed by atoms with Crippen LogP contribution in [0, 0.1) is 19.8 Å². The number of nitrogens with zero attached hydrogens (tertiary/aromatic N) is 1. The monoisotopic (exact) mass is 334 g/mol. The fourth-order valence-electron chi connectivity index (χ4n) is 2.89. The minimum absolute atomic E-state index is 0.0774. The predicted molar refractivity (Wildman–Crippen MR) is 101 cm³/mol. The van der Waals surface area contributed by atoms with E-state index in [4.69, 9.17) is 4.74 Å². The van der Waals surface area contributed by atoms with Crippen LogP contribution < -0.4 is 0 Å². The van der Waals surface area contributed by atoms with Crippen molar-refractivity contribution >= 4 is 5.97 Å². The van der Waals surface area contributed by atoms with Gasteiger partial charge in [-0.2, -0.15) is 0 Å². The van der Waals surface area contributed by atoms with Gasteiger partial charge in [-0.15, -0.1) is 0 Å². The molecule has 0 bridgehead atoms. The molecule has 1 aromatic carbocycles. The summed E-state index contributed by atoms with van der Waals surface area (Å²) in [5, 5.41) is 0. The molecule has 0 amide bonds. The third-order valence-corrected chi connectivity index (χ3v) is 5.76. The van der Waals surface area contributed by atoms with E-state index in [0.29, 0.717) is 6.61 Å². The lowest BCUT2D eigenvalue weighted by atomic mass is 9.84. The maximum Gasteiger partial charge on any atom is 0.313 e. The van der Waals surface area contributed by atoms with Crippen molar-refractivity contribution in [1.82, 2.24) is 0 Å². The number of aryl methyl sites for hydroxylation is 2. The Balaban J connectivity index is 2.85. The molecule has 0 aliphatic heterocycles. The number of carbonyl (C=O) groups excluding carboxylic acids is 1. The number of hydrogen-bond acceptors (Lipinski definition) is 2. The number of ether oxygens (including phenoxy) is 1. The third-order valence-electron chi connectivity index (χ3n) is 5.76. The van der Waals surface area contributed by atoms with E-state index in [1.54, 1.807) is 0 Å². The highest BCUT2D eigenvalue weighted by Crippen LogP contribution is 2.29. The minimum atomic E-state index is -0.170. The molecule has 3 nitrogen and oxygen atoms in total. The van der Waals surface area contributed by atoms with Gasteiger partial charge in [0.2, 0.25) is 0 Å². The van der Waals surface area contributed by atoms with Crippen LogP contribution in [0.5, 0.6) is 0 Å². The molecular formula is C21H36NO2+. The molecule has 0 aliphatic rings. The summed E-state index contributed by atoms with van der Waals surface area (Å²) in [5.74, 6) is 0.0282. The number of carbonyl (C=O) groups is 1. The Morgan fingerprint density at radius 3 is 2.25 bits per heavy atom. The molecule has 0 unspecified atom stereocenters. The van der Waals surface area contributed by atoms with Gasteiger partial charge in [0.15, 0.2) is 0 Å². The summed E-state index contributed by atoms with van der Waals surface area (Å²) in [6, 6.07) is 6.33. The van der Waals surface area contributed by atoms with Gasteiger partial charge in [0, 0.05) is 0 Å². The van der Waals surface area contributed by atoms with E-state index >= 15 is 0 Å². The van der Waals surface area contributed by atoms with Crippen LogP contribution in [0.4, 0.5) is 0 Å². The van der Waals surface area contributed by atoms with Crippen LogP contribution in [0.15, 0.2) is 18.2 Å². The van der Waals surface area contributed by atoms with Crippen molar-refractivity contribution in [2.45, 2.75) is 53.9 Å². The van der Waals surface area contributed by atoms with Crippen LogP contribution in [0.1, 0.15) is 56.7 Å². The van der Waals surface area contributed by atoms with Gasteiger partial charge in [-0.25, -0.2) is 0 Å². The highest BCUT2D eigenvalue weighted by molar-refractivity contribution is 5.78. The Kier molecular flexibility index (Phi) is 7.95. The highest BCUT2D eigenvalue weighted by atomic mass is 16.5. The molecule has 1 rings (SSSR count). The standard InChI is InChI=1S/C21H36NO2/c1-8-16(4)20(19-12-11-17(5)18(6)15-19)21(23)24-14-13-22(7,9-2)10-3/h11-12,15-16,20H,8-10,13-14H2,1-7H3/q+1/t16-,20-/m1/s1. The maximum absolute atomic E-state index is 12.8.